The van der Waals surface area contributed by atoms with Gasteiger partial charge in [-0.05, 0) is 84.2 Å². The van der Waals surface area contributed by atoms with Crippen molar-refractivity contribution in [1.29, 1.82) is 0 Å². The zero-order chi connectivity index (χ0) is 34.3. The van der Waals surface area contributed by atoms with Gasteiger partial charge in [-0.25, -0.2) is 4.79 Å². The average Bonchev–Trinajstić information content (AvgIpc) is 3.03. The van der Waals surface area contributed by atoms with Gasteiger partial charge in [-0.15, -0.1) is 0 Å². The number of carboxylic acid groups (broad SMARTS) is 3. The van der Waals surface area contributed by atoms with Gasteiger partial charge in [0.25, 0.3) is 0 Å². The highest BCUT2D eigenvalue weighted by atomic mass is 16.5. The van der Waals surface area contributed by atoms with Gasteiger partial charge in [-0.2, -0.15) is 0 Å². The van der Waals surface area contributed by atoms with Gasteiger partial charge in [0.2, 0.25) is 0 Å². The van der Waals surface area contributed by atoms with Crippen LogP contribution in [0.5, 0.6) is 17.2 Å². The Morgan fingerprint density at radius 1 is 0.674 bits per heavy atom. The zero-order valence-corrected chi connectivity index (χ0v) is 26.9. The van der Waals surface area contributed by atoms with Gasteiger partial charge in [-0.1, -0.05) is 50.2 Å². The molecule has 3 aromatic carbocycles. The summed E-state index contributed by atoms with van der Waals surface area (Å²) in [5.74, 6) is -2.43. The van der Waals surface area contributed by atoms with Gasteiger partial charge >= 0.3 is 17.9 Å². The highest BCUT2D eigenvalue weighted by molar-refractivity contribution is 5.98. The second kappa shape index (κ2) is 18.2. The van der Waals surface area contributed by atoms with E-state index in [9.17, 15) is 14.4 Å². The Morgan fingerprint density at radius 2 is 1.07 bits per heavy atom. The molecule has 0 fully saturated rings. The van der Waals surface area contributed by atoms with E-state index in [1.807, 2.05) is 24.3 Å². The number of aliphatic hydroxyl groups is 1. The van der Waals surface area contributed by atoms with Crippen molar-refractivity contribution < 1.29 is 49.0 Å². The first kappa shape index (κ1) is 37.3. The molecule has 0 heterocycles. The minimum absolute atomic E-state index is 0.688. The number of hydrogen-bond donors (Lipinski definition) is 4. The van der Waals surface area contributed by atoms with Crippen LogP contribution in [0.25, 0.3) is 11.1 Å². The quantitative estimate of drug-likeness (QED) is 0.154. The van der Waals surface area contributed by atoms with Crippen LogP contribution in [0.4, 0.5) is 0 Å². The number of likely N-dealkylation sites (N-methyl/N-ethyl adjacent to an activating group) is 1. The number of nitrogens with zero attached hydrogens (tertiary/aromatic N) is 1. The van der Waals surface area contributed by atoms with Crippen molar-refractivity contribution in [2.24, 2.45) is 0 Å². The van der Waals surface area contributed by atoms with Gasteiger partial charge in [0.15, 0.2) is 5.60 Å². The van der Waals surface area contributed by atoms with E-state index in [0.717, 1.165) is 53.6 Å². The summed E-state index contributed by atoms with van der Waals surface area (Å²) < 4.78 is 16.7. The number of aliphatic carboxylic acids is 3. The predicted molar refractivity (Wildman–Crippen MR) is 174 cm³/mol. The van der Waals surface area contributed by atoms with Gasteiger partial charge in [-0.3, -0.25) is 9.59 Å². The second-order valence-electron chi connectivity index (χ2n) is 10.3. The molecule has 0 aliphatic rings. The standard InChI is InChI=1S/C29H35NO3.C6H8O7/c1-6-30(7-2)20-21-33-28-18-12-25(13-19-28)29(24-10-16-27(32-5)17-11-24)22(3)23-8-14-26(31-4)15-9-23;7-3(8)1-6(13,5(11)12)2-4(9)10/h8-19H,6-7,20-21H2,1-5H3;13H,1-2H2,(H,7,8)(H,9,10)(H,11,12)/b29-22-;. The minimum Gasteiger partial charge on any atom is -0.497 e. The Kier molecular flexibility index (Phi) is 14.8. The molecule has 0 saturated carbocycles. The summed E-state index contributed by atoms with van der Waals surface area (Å²) in [5.41, 5.74) is 3.07. The number of carboxylic acids is 3. The summed E-state index contributed by atoms with van der Waals surface area (Å²) in [7, 11) is 3.37. The summed E-state index contributed by atoms with van der Waals surface area (Å²) in [6.45, 7) is 10.2. The zero-order valence-electron chi connectivity index (χ0n) is 26.9. The molecule has 11 nitrogen and oxygen atoms in total. The fraction of sp³-hybridized carbons (Fsp3) is 0.343. The van der Waals surface area contributed by atoms with Crippen LogP contribution < -0.4 is 14.2 Å². The smallest absolute Gasteiger partial charge is 0.336 e. The molecule has 0 aliphatic carbocycles. The Balaban J connectivity index is 0.000000479. The maximum atomic E-state index is 10.3. The lowest BCUT2D eigenvalue weighted by atomic mass is 9.90. The predicted octanol–water partition coefficient (Wildman–Crippen LogP) is 5.15. The Labute approximate surface area is 269 Å². The van der Waals surface area contributed by atoms with E-state index in [0.29, 0.717) is 6.61 Å². The second-order valence-corrected chi connectivity index (χ2v) is 10.3. The number of carbonyl (C=O) groups is 3. The first-order valence-electron chi connectivity index (χ1n) is 14.7. The molecule has 0 unspecified atom stereocenters. The molecular formula is C35H43NO10. The van der Waals surface area contributed by atoms with Gasteiger partial charge < -0.3 is 39.5 Å². The third kappa shape index (κ3) is 11.2. The van der Waals surface area contributed by atoms with Crippen molar-refractivity contribution in [3.63, 3.8) is 0 Å². The van der Waals surface area contributed by atoms with Crippen molar-refractivity contribution in [2.45, 2.75) is 39.2 Å². The first-order valence-corrected chi connectivity index (χ1v) is 14.7. The monoisotopic (exact) mass is 637 g/mol. The van der Waals surface area contributed by atoms with Gasteiger partial charge in [0.1, 0.15) is 23.9 Å². The molecule has 0 atom stereocenters. The topological polar surface area (TPSA) is 163 Å². The van der Waals surface area contributed by atoms with E-state index in [2.05, 4.69) is 74.2 Å². The SMILES string of the molecule is CCN(CC)CCOc1ccc(/C(=C(/C)c2ccc(OC)cc2)c2ccc(OC)cc2)cc1.O=C(O)CC(O)(CC(=O)O)C(=O)O. The molecule has 4 N–H and O–H groups in total. The fourth-order valence-electron chi connectivity index (χ4n) is 4.61. The summed E-state index contributed by atoms with van der Waals surface area (Å²) >= 11 is 0. The molecule has 0 amide bonds. The normalized spacial score (nSPS) is 11.5. The minimum atomic E-state index is -2.74. The third-order valence-electron chi connectivity index (χ3n) is 7.28. The summed E-state index contributed by atoms with van der Waals surface area (Å²) in [5, 5.41) is 33.8. The molecule has 46 heavy (non-hydrogen) atoms. The first-order chi connectivity index (χ1) is 21.9. The van der Waals surface area contributed by atoms with E-state index < -0.39 is 36.4 Å². The Hall–Kier alpha value is -4.87. The summed E-state index contributed by atoms with van der Waals surface area (Å²) in [6, 6.07) is 24.8. The number of allylic oxidation sites excluding steroid dienone is 1. The number of ether oxygens (including phenoxy) is 3. The number of benzene rings is 3. The van der Waals surface area contributed by atoms with E-state index in [-0.39, 0.29) is 0 Å². The Bertz CT molecular complexity index is 1430. The van der Waals surface area contributed by atoms with Gasteiger partial charge in [0.05, 0.1) is 27.1 Å². The van der Waals surface area contributed by atoms with Crippen LogP contribution in [0.15, 0.2) is 72.8 Å². The maximum Gasteiger partial charge on any atom is 0.336 e. The van der Waals surface area contributed by atoms with Crippen molar-refractivity contribution in [3.05, 3.63) is 89.5 Å². The molecule has 0 radical (unpaired) electrons. The van der Waals surface area contributed by atoms with E-state index in [1.54, 1.807) is 14.2 Å². The highest BCUT2D eigenvalue weighted by Gasteiger charge is 2.40. The average molecular weight is 638 g/mol. The Morgan fingerprint density at radius 3 is 1.41 bits per heavy atom. The van der Waals surface area contributed by atoms with E-state index in [1.165, 1.54) is 11.1 Å². The van der Waals surface area contributed by atoms with Crippen LogP contribution in [0.2, 0.25) is 0 Å². The van der Waals surface area contributed by atoms with E-state index >= 15 is 0 Å². The third-order valence-corrected chi connectivity index (χ3v) is 7.28. The molecule has 0 bridgehead atoms. The molecule has 0 aliphatic heterocycles. The summed E-state index contributed by atoms with van der Waals surface area (Å²) in [4.78, 5) is 32.8. The number of hydrogen-bond acceptors (Lipinski definition) is 8. The largest absolute Gasteiger partial charge is 0.497 e. The summed E-state index contributed by atoms with van der Waals surface area (Å²) in [6.07, 6.45) is -2.29. The lowest BCUT2D eigenvalue weighted by Crippen LogP contribution is -2.42. The molecule has 0 aromatic heterocycles. The van der Waals surface area contributed by atoms with Crippen molar-refractivity contribution in [1.82, 2.24) is 4.90 Å². The van der Waals surface area contributed by atoms with Crippen LogP contribution in [-0.2, 0) is 14.4 Å². The molecule has 248 valence electrons. The van der Waals surface area contributed by atoms with Crippen molar-refractivity contribution in [3.8, 4) is 17.2 Å². The van der Waals surface area contributed by atoms with Crippen LogP contribution in [0.3, 0.4) is 0 Å². The lowest BCUT2D eigenvalue weighted by molar-refractivity contribution is -0.170. The highest BCUT2D eigenvalue weighted by Crippen LogP contribution is 2.34. The fourth-order valence-corrected chi connectivity index (χ4v) is 4.61. The van der Waals surface area contributed by atoms with Gasteiger partial charge in [0, 0.05) is 6.54 Å². The molecule has 11 heteroatoms. The molecule has 0 saturated heterocycles. The molecule has 3 aromatic rings. The molecular weight excluding hydrogens is 594 g/mol. The van der Waals surface area contributed by atoms with Crippen LogP contribution in [0, 0.1) is 0 Å². The molecule has 0 spiro atoms. The number of rotatable bonds is 16. The van der Waals surface area contributed by atoms with Crippen molar-refractivity contribution >= 4 is 29.1 Å². The van der Waals surface area contributed by atoms with E-state index in [4.69, 9.17) is 34.6 Å². The lowest BCUT2D eigenvalue weighted by Gasteiger charge is -2.18. The maximum absolute atomic E-state index is 10.3. The van der Waals surface area contributed by atoms with Crippen LogP contribution >= 0.6 is 0 Å². The van der Waals surface area contributed by atoms with Crippen molar-refractivity contribution in [2.75, 3.05) is 40.5 Å². The van der Waals surface area contributed by atoms with Crippen LogP contribution in [-0.4, -0.2) is 89.3 Å². The molecule has 3 rings (SSSR count). The number of methoxy groups -OCH3 is 2. The van der Waals surface area contributed by atoms with Crippen LogP contribution in [0.1, 0.15) is 50.3 Å².